The number of aryl methyl sites for hydroxylation is 2. The van der Waals surface area contributed by atoms with Crippen molar-refractivity contribution >= 4 is 5.95 Å². The fourth-order valence-electron chi connectivity index (χ4n) is 3.29. The minimum Gasteiger partial charge on any atom is -0.493 e. The Balaban J connectivity index is 1.79. The maximum atomic E-state index is 5.63. The van der Waals surface area contributed by atoms with Gasteiger partial charge in [-0.2, -0.15) is 5.10 Å². The van der Waals surface area contributed by atoms with Crippen molar-refractivity contribution in [3.05, 3.63) is 42.2 Å². The molecule has 0 amide bonds. The standard InChI is InChI=1S/C20H23N5O2/c1-14-19(26-3)18(22-20(21-14)25-9-11-27-12-10-25)16-6-4-5-15(13-16)17-7-8-24(2)23-17/h4-8,13H,9-12H2,1-3H3. The maximum absolute atomic E-state index is 5.63. The summed E-state index contributed by atoms with van der Waals surface area (Å²) in [5, 5.41) is 4.50. The molecule has 0 aliphatic carbocycles. The van der Waals surface area contributed by atoms with Gasteiger partial charge in [-0.1, -0.05) is 18.2 Å². The van der Waals surface area contributed by atoms with Gasteiger partial charge in [0.2, 0.25) is 5.95 Å². The summed E-state index contributed by atoms with van der Waals surface area (Å²) >= 11 is 0. The molecule has 140 valence electrons. The van der Waals surface area contributed by atoms with Crippen molar-refractivity contribution in [2.45, 2.75) is 6.92 Å². The first-order valence-electron chi connectivity index (χ1n) is 9.01. The molecule has 1 aliphatic heterocycles. The van der Waals surface area contributed by atoms with Gasteiger partial charge >= 0.3 is 0 Å². The topological polar surface area (TPSA) is 65.3 Å². The van der Waals surface area contributed by atoms with Gasteiger partial charge in [-0.3, -0.25) is 4.68 Å². The van der Waals surface area contributed by atoms with Crippen LogP contribution in [0, 0.1) is 6.92 Å². The molecule has 0 atom stereocenters. The number of hydrogen-bond acceptors (Lipinski definition) is 6. The molecule has 0 bridgehead atoms. The average Bonchev–Trinajstić information content (AvgIpc) is 3.14. The number of methoxy groups -OCH3 is 1. The van der Waals surface area contributed by atoms with Crippen molar-refractivity contribution < 1.29 is 9.47 Å². The second-order valence-corrected chi connectivity index (χ2v) is 6.55. The Bertz CT molecular complexity index is 947. The number of morpholine rings is 1. The van der Waals surface area contributed by atoms with Crippen LogP contribution in [0.1, 0.15) is 5.69 Å². The SMILES string of the molecule is COc1c(C)nc(N2CCOCC2)nc1-c1cccc(-c2ccn(C)n2)c1. The number of nitrogens with zero attached hydrogens (tertiary/aromatic N) is 5. The highest BCUT2D eigenvalue weighted by molar-refractivity contribution is 5.74. The third-order valence-corrected chi connectivity index (χ3v) is 4.67. The molecule has 1 aromatic carbocycles. The van der Waals surface area contributed by atoms with Gasteiger partial charge < -0.3 is 14.4 Å². The van der Waals surface area contributed by atoms with Crippen LogP contribution in [0.25, 0.3) is 22.5 Å². The Morgan fingerprint density at radius 3 is 2.56 bits per heavy atom. The Morgan fingerprint density at radius 1 is 1.07 bits per heavy atom. The normalized spacial score (nSPS) is 14.4. The summed E-state index contributed by atoms with van der Waals surface area (Å²) in [6.45, 7) is 4.92. The van der Waals surface area contributed by atoms with Crippen LogP contribution in [0.4, 0.5) is 5.95 Å². The van der Waals surface area contributed by atoms with Gasteiger partial charge in [-0.25, -0.2) is 9.97 Å². The lowest BCUT2D eigenvalue weighted by Crippen LogP contribution is -2.37. The van der Waals surface area contributed by atoms with E-state index in [2.05, 4.69) is 27.1 Å². The van der Waals surface area contributed by atoms with Crippen molar-refractivity contribution in [3.8, 4) is 28.3 Å². The molecule has 3 heterocycles. The van der Waals surface area contributed by atoms with Crippen LogP contribution in [0.3, 0.4) is 0 Å². The minimum atomic E-state index is 0.693. The van der Waals surface area contributed by atoms with E-state index in [-0.39, 0.29) is 0 Å². The molecule has 2 aromatic heterocycles. The Morgan fingerprint density at radius 2 is 1.85 bits per heavy atom. The van der Waals surface area contributed by atoms with Gasteiger partial charge in [0.25, 0.3) is 0 Å². The van der Waals surface area contributed by atoms with E-state index in [1.807, 2.05) is 38.4 Å². The molecule has 7 nitrogen and oxygen atoms in total. The number of aromatic nitrogens is 4. The van der Waals surface area contributed by atoms with Gasteiger partial charge in [-0.05, 0) is 19.1 Å². The van der Waals surface area contributed by atoms with Crippen LogP contribution in [0.15, 0.2) is 36.5 Å². The van der Waals surface area contributed by atoms with Gasteiger partial charge in [0, 0.05) is 37.5 Å². The summed E-state index contributed by atoms with van der Waals surface area (Å²) < 4.78 is 12.9. The molecule has 0 unspecified atom stereocenters. The highest BCUT2D eigenvalue weighted by Gasteiger charge is 2.20. The molecule has 4 rings (SSSR count). The summed E-state index contributed by atoms with van der Waals surface area (Å²) in [5.74, 6) is 1.42. The molecule has 1 saturated heterocycles. The van der Waals surface area contributed by atoms with Crippen LogP contribution >= 0.6 is 0 Å². The molecule has 7 heteroatoms. The molecular formula is C20H23N5O2. The largest absolute Gasteiger partial charge is 0.493 e. The second-order valence-electron chi connectivity index (χ2n) is 6.55. The van der Waals surface area contributed by atoms with Crippen LogP contribution in [0.5, 0.6) is 5.75 Å². The van der Waals surface area contributed by atoms with Gasteiger partial charge in [-0.15, -0.1) is 0 Å². The average molecular weight is 365 g/mol. The van der Waals surface area contributed by atoms with Crippen molar-refractivity contribution in [1.29, 1.82) is 0 Å². The van der Waals surface area contributed by atoms with Gasteiger partial charge in [0.15, 0.2) is 5.75 Å². The first kappa shape index (κ1) is 17.5. The third kappa shape index (κ3) is 3.50. The zero-order chi connectivity index (χ0) is 18.8. The molecular weight excluding hydrogens is 342 g/mol. The molecule has 0 spiro atoms. The lowest BCUT2D eigenvalue weighted by Gasteiger charge is -2.27. The number of anilines is 1. The lowest BCUT2D eigenvalue weighted by molar-refractivity contribution is 0.122. The number of rotatable bonds is 4. The van der Waals surface area contributed by atoms with E-state index in [1.54, 1.807) is 11.8 Å². The molecule has 0 radical (unpaired) electrons. The maximum Gasteiger partial charge on any atom is 0.226 e. The third-order valence-electron chi connectivity index (χ3n) is 4.67. The summed E-state index contributed by atoms with van der Waals surface area (Å²) in [5.41, 5.74) is 4.57. The number of ether oxygens (including phenoxy) is 2. The monoisotopic (exact) mass is 365 g/mol. The van der Waals surface area contributed by atoms with E-state index in [0.29, 0.717) is 19.0 Å². The van der Waals surface area contributed by atoms with Crippen LogP contribution < -0.4 is 9.64 Å². The number of hydrogen-bond donors (Lipinski definition) is 0. The van der Waals surface area contributed by atoms with Gasteiger partial charge in [0.05, 0.1) is 31.7 Å². The molecule has 27 heavy (non-hydrogen) atoms. The quantitative estimate of drug-likeness (QED) is 0.708. The Hall–Kier alpha value is -2.93. The van der Waals surface area contributed by atoms with E-state index < -0.39 is 0 Å². The first-order chi connectivity index (χ1) is 13.2. The van der Waals surface area contributed by atoms with Crippen molar-refractivity contribution in [1.82, 2.24) is 19.7 Å². The molecule has 1 aliphatic rings. The van der Waals surface area contributed by atoms with E-state index in [9.17, 15) is 0 Å². The fourth-order valence-corrected chi connectivity index (χ4v) is 3.29. The Kier molecular flexibility index (Phi) is 4.77. The zero-order valence-corrected chi connectivity index (χ0v) is 15.8. The predicted octanol–water partition coefficient (Wildman–Crippen LogP) is 2.70. The van der Waals surface area contributed by atoms with E-state index in [1.165, 1.54) is 0 Å². The van der Waals surface area contributed by atoms with Crippen molar-refractivity contribution in [2.75, 3.05) is 38.3 Å². The first-order valence-corrected chi connectivity index (χ1v) is 9.01. The fraction of sp³-hybridized carbons (Fsp3) is 0.350. The molecule has 3 aromatic rings. The molecule has 0 N–H and O–H groups in total. The van der Waals surface area contributed by atoms with Crippen LogP contribution in [-0.4, -0.2) is 53.2 Å². The van der Waals surface area contributed by atoms with Crippen LogP contribution in [0.2, 0.25) is 0 Å². The molecule has 0 saturated carbocycles. The summed E-state index contributed by atoms with van der Waals surface area (Å²) in [6.07, 6.45) is 1.94. The second kappa shape index (κ2) is 7.36. The van der Waals surface area contributed by atoms with E-state index in [4.69, 9.17) is 14.5 Å². The Labute approximate surface area is 158 Å². The van der Waals surface area contributed by atoms with Crippen molar-refractivity contribution in [3.63, 3.8) is 0 Å². The summed E-state index contributed by atoms with van der Waals surface area (Å²) in [6, 6.07) is 10.2. The minimum absolute atomic E-state index is 0.693. The summed E-state index contributed by atoms with van der Waals surface area (Å²) in [4.78, 5) is 11.7. The van der Waals surface area contributed by atoms with Crippen molar-refractivity contribution in [2.24, 2.45) is 7.05 Å². The zero-order valence-electron chi connectivity index (χ0n) is 15.8. The predicted molar refractivity (Wildman–Crippen MR) is 104 cm³/mol. The highest BCUT2D eigenvalue weighted by Crippen LogP contribution is 2.34. The van der Waals surface area contributed by atoms with E-state index in [0.717, 1.165) is 47.2 Å². The van der Waals surface area contributed by atoms with Gasteiger partial charge in [0.1, 0.15) is 5.69 Å². The molecule has 1 fully saturated rings. The van der Waals surface area contributed by atoms with E-state index >= 15 is 0 Å². The highest BCUT2D eigenvalue weighted by atomic mass is 16.5. The smallest absolute Gasteiger partial charge is 0.226 e. The summed E-state index contributed by atoms with van der Waals surface area (Å²) in [7, 11) is 3.57. The lowest BCUT2D eigenvalue weighted by atomic mass is 10.0. The van der Waals surface area contributed by atoms with Crippen LogP contribution in [-0.2, 0) is 11.8 Å². The number of benzene rings is 1.